The Kier molecular flexibility index (Phi) is 4.98. The molecule has 0 aliphatic rings. The number of aromatic nitrogens is 3. The second-order valence-electron chi connectivity index (χ2n) is 5.42. The van der Waals surface area contributed by atoms with Crippen molar-refractivity contribution in [2.45, 2.75) is 12.5 Å². The minimum atomic E-state index is -0.340. The van der Waals surface area contributed by atoms with Crippen molar-refractivity contribution in [3.05, 3.63) is 78.5 Å². The zero-order valence-corrected chi connectivity index (χ0v) is 13.0. The molecule has 1 atom stereocenters. The molecule has 122 valence electrons. The molecule has 0 spiro atoms. The number of amides is 1. The summed E-state index contributed by atoms with van der Waals surface area (Å²) in [7, 11) is 0. The maximum absolute atomic E-state index is 12.3. The number of carbonyl (C=O) groups excluding carboxylic acids is 1. The summed E-state index contributed by atoms with van der Waals surface area (Å²) in [6.07, 6.45) is 7.18. The number of imidazole rings is 1. The summed E-state index contributed by atoms with van der Waals surface area (Å²) < 4.78 is 1.76. The summed E-state index contributed by atoms with van der Waals surface area (Å²) in [5.41, 5.74) is 1.51. The lowest BCUT2D eigenvalue weighted by molar-refractivity contribution is 0.0916. The van der Waals surface area contributed by atoms with Crippen LogP contribution in [-0.4, -0.2) is 38.2 Å². The first-order chi connectivity index (χ1) is 11.8. The monoisotopic (exact) mass is 322 g/mol. The summed E-state index contributed by atoms with van der Waals surface area (Å²) in [5.74, 6) is 0.432. The third kappa shape index (κ3) is 3.85. The third-order valence-corrected chi connectivity index (χ3v) is 3.66. The van der Waals surface area contributed by atoms with Crippen molar-refractivity contribution in [3.8, 4) is 5.82 Å². The lowest BCUT2D eigenvalue weighted by Gasteiger charge is -2.16. The predicted molar refractivity (Wildman–Crippen MR) is 89.8 cm³/mol. The molecule has 1 amide bonds. The Hall–Kier alpha value is -2.99. The molecule has 24 heavy (non-hydrogen) atoms. The maximum Gasteiger partial charge on any atom is 0.253 e. The van der Waals surface area contributed by atoms with Crippen LogP contribution < -0.4 is 5.32 Å². The lowest BCUT2D eigenvalue weighted by atomic mass is 10.1. The van der Waals surface area contributed by atoms with E-state index in [1.807, 2.05) is 30.3 Å². The number of carbonyl (C=O) groups is 1. The lowest BCUT2D eigenvalue weighted by Crippen LogP contribution is -2.39. The van der Waals surface area contributed by atoms with Gasteiger partial charge in [-0.1, -0.05) is 30.3 Å². The summed E-state index contributed by atoms with van der Waals surface area (Å²) in [6, 6.07) is 12.9. The Labute approximate surface area is 139 Å². The highest BCUT2D eigenvalue weighted by Gasteiger charge is 2.14. The summed E-state index contributed by atoms with van der Waals surface area (Å²) in [5, 5.41) is 12.3. The second kappa shape index (κ2) is 7.52. The van der Waals surface area contributed by atoms with E-state index in [4.69, 9.17) is 0 Å². The molecule has 2 N–H and O–H groups in total. The normalized spacial score (nSPS) is 11.9. The van der Waals surface area contributed by atoms with Crippen molar-refractivity contribution >= 4 is 5.91 Å². The number of benzene rings is 1. The van der Waals surface area contributed by atoms with Crippen LogP contribution in [0, 0.1) is 0 Å². The zero-order chi connectivity index (χ0) is 16.8. The Morgan fingerprint density at radius 2 is 2.04 bits per heavy atom. The van der Waals surface area contributed by atoms with Gasteiger partial charge in [0.25, 0.3) is 5.91 Å². The van der Waals surface area contributed by atoms with E-state index in [9.17, 15) is 9.90 Å². The molecule has 2 aromatic heterocycles. The van der Waals surface area contributed by atoms with Crippen LogP contribution in [0.1, 0.15) is 15.9 Å². The van der Waals surface area contributed by atoms with Crippen LogP contribution in [0.15, 0.2) is 67.4 Å². The van der Waals surface area contributed by atoms with Gasteiger partial charge in [0, 0.05) is 18.6 Å². The summed E-state index contributed by atoms with van der Waals surface area (Å²) in [6.45, 7) is -0.124. The van der Waals surface area contributed by atoms with Gasteiger partial charge in [0.15, 0.2) is 0 Å². The molecule has 1 unspecified atom stereocenters. The van der Waals surface area contributed by atoms with Gasteiger partial charge in [-0.15, -0.1) is 0 Å². The molecule has 1 aromatic carbocycles. The number of hydrogen-bond donors (Lipinski definition) is 2. The predicted octanol–water partition coefficient (Wildman–Crippen LogP) is 1.60. The van der Waals surface area contributed by atoms with Gasteiger partial charge in [0.05, 0.1) is 18.2 Å². The number of nitrogens with zero attached hydrogens (tertiary/aromatic N) is 3. The molecule has 0 aliphatic heterocycles. The number of hydrogen-bond acceptors (Lipinski definition) is 4. The summed E-state index contributed by atoms with van der Waals surface area (Å²) in [4.78, 5) is 20.5. The first-order valence-corrected chi connectivity index (χ1v) is 7.66. The van der Waals surface area contributed by atoms with Gasteiger partial charge < -0.3 is 10.4 Å². The second-order valence-corrected chi connectivity index (χ2v) is 5.42. The first-order valence-electron chi connectivity index (χ1n) is 7.66. The number of pyridine rings is 1. The quantitative estimate of drug-likeness (QED) is 0.722. The number of aliphatic hydroxyl groups is 1. The topological polar surface area (TPSA) is 80.0 Å². The van der Waals surface area contributed by atoms with E-state index < -0.39 is 0 Å². The molecule has 6 nitrogen and oxygen atoms in total. The zero-order valence-electron chi connectivity index (χ0n) is 13.0. The van der Waals surface area contributed by atoms with Crippen molar-refractivity contribution in [2.24, 2.45) is 0 Å². The molecule has 3 rings (SSSR count). The van der Waals surface area contributed by atoms with Crippen LogP contribution in [0.25, 0.3) is 5.82 Å². The number of aliphatic hydroxyl groups excluding tert-OH is 1. The first kappa shape index (κ1) is 15.9. The fourth-order valence-electron chi connectivity index (χ4n) is 2.40. The molecule has 0 bridgehead atoms. The maximum atomic E-state index is 12.3. The van der Waals surface area contributed by atoms with E-state index in [1.165, 1.54) is 6.20 Å². The van der Waals surface area contributed by atoms with Gasteiger partial charge in [-0.05, 0) is 24.1 Å². The van der Waals surface area contributed by atoms with Gasteiger partial charge in [-0.25, -0.2) is 9.97 Å². The third-order valence-electron chi connectivity index (χ3n) is 3.66. The highest BCUT2D eigenvalue weighted by atomic mass is 16.3. The van der Waals surface area contributed by atoms with Gasteiger partial charge >= 0.3 is 0 Å². The SMILES string of the molecule is O=C(NC(CO)Cc1ccccc1)c1ccc(-n2ccnc2)nc1. The van der Waals surface area contributed by atoms with Crippen molar-refractivity contribution in [1.29, 1.82) is 0 Å². The number of rotatable bonds is 6. The molecular weight excluding hydrogens is 304 g/mol. The van der Waals surface area contributed by atoms with E-state index in [0.29, 0.717) is 17.8 Å². The Morgan fingerprint density at radius 1 is 1.21 bits per heavy atom. The molecule has 0 saturated carbocycles. The van der Waals surface area contributed by atoms with Crippen molar-refractivity contribution in [1.82, 2.24) is 19.9 Å². The molecule has 0 fully saturated rings. The average Bonchev–Trinajstić information content (AvgIpc) is 3.17. The number of nitrogens with one attached hydrogen (secondary N) is 1. The fraction of sp³-hybridized carbons (Fsp3) is 0.167. The molecule has 0 aliphatic carbocycles. The van der Waals surface area contributed by atoms with Crippen molar-refractivity contribution in [2.75, 3.05) is 6.61 Å². The highest BCUT2D eigenvalue weighted by molar-refractivity contribution is 5.94. The molecule has 0 radical (unpaired) electrons. The van der Waals surface area contributed by atoms with E-state index in [2.05, 4.69) is 15.3 Å². The molecule has 2 heterocycles. The van der Waals surface area contributed by atoms with E-state index in [1.54, 1.807) is 35.4 Å². The minimum absolute atomic E-state index is 0.124. The van der Waals surface area contributed by atoms with Crippen LogP contribution in [0.4, 0.5) is 0 Å². The molecule has 3 aromatic rings. The Bertz CT molecular complexity index is 771. The van der Waals surface area contributed by atoms with Crippen LogP contribution in [0.2, 0.25) is 0 Å². The molecule has 6 heteroatoms. The fourth-order valence-corrected chi connectivity index (χ4v) is 2.40. The summed E-state index contributed by atoms with van der Waals surface area (Å²) >= 11 is 0. The Balaban J connectivity index is 1.65. The minimum Gasteiger partial charge on any atom is -0.394 e. The average molecular weight is 322 g/mol. The van der Waals surface area contributed by atoms with Gasteiger partial charge in [-0.3, -0.25) is 9.36 Å². The Morgan fingerprint density at radius 3 is 2.67 bits per heavy atom. The smallest absolute Gasteiger partial charge is 0.253 e. The highest BCUT2D eigenvalue weighted by Crippen LogP contribution is 2.07. The van der Waals surface area contributed by atoms with Gasteiger partial charge in [0.2, 0.25) is 0 Å². The van der Waals surface area contributed by atoms with Crippen LogP contribution in [-0.2, 0) is 6.42 Å². The van der Waals surface area contributed by atoms with Crippen LogP contribution in [0.5, 0.6) is 0 Å². The molecular formula is C18H18N4O2. The van der Waals surface area contributed by atoms with Crippen molar-refractivity contribution in [3.63, 3.8) is 0 Å². The van der Waals surface area contributed by atoms with Gasteiger partial charge in [0.1, 0.15) is 12.1 Å². The van der Waals surface area contributed by atoms with Gasteiger partial charge in [-0.2, -0.15) is 0 Å². The van der Waals surface area contributed by atoms with E-state index in [-0.39, 0.29) is 18.6 Å². The van der Waals surface area contributed by atoms with Crippen molar-refractivity contribution < 1.29 is 9.90 Å². The largest absolute Gasteiger partial charge is 0.394 e. The van der Waals surface area contributed by atoms with Crippen LogP contribution in [0.3, 0.4) is 0 Å². The molecule has 0 saturated heterocycles. The van der Waals surface area contributed by atoms with E-state index >= 15 is 0 Å². The van der Waals surface area contributed by atoms with E-state index in [0.717, 1.165) is 5.56 Å². The standard InChI is InChI=1S/C18H18N4O2/c23-12-16(10-14-4-2-1-3-5-14)21-18(24)15-6-7-17(20-11-15)22-9-8-19-13-22/h1-9,11,13,16,23H,10,12H2,(H,21,24). The van der Waals surface area contributed by atoms with Crippen LogP contribution >= 0.6 is 0 Å².